The van der Waals surface area contributed by atoms with Crippen molar-refractivity contribution in [3.8, 4) is 5.75 Å². The topological polar surface area (TPSA) is 96.2 Å². The van der Waals surface area contributed by atoms with Crippen LogP contribution in [0.15, 0.2) is 47.5 Å². The molecule has 180 valence electrons. The lowest BCUT2D eigenvalue weighted by molar-refractivity contribution is -0.143. The molecule has 2 aromatic carbocycles. The van der Waals surface area contributed by atoms with Crippen molar-refractivity contribution in [3.63, 3.8) is 0 Å². The molecule has 1 amide bonds. The Morgan fingerprint density at radius 3 is 2.41 bits per heavy atom. The van der Waals surface area contributed by atoms with E-state index < -0.39 is 17.8 Å². The molecule has 0 saturated heterocycles. The number of nitrogens with zero attached hydrogens (tertiary/aromatic N) is 2. The van der Waals surface area contributed by atoms with E-state index in [1.807, 2.05) is 0 Å². The molecule has 1 heterocycles. The Bertz CT molecular complexity index is 1230. The SMILES string of the molecule is CCCCCOc1ccc(C(=O)N=c2sc3cc(C(=O)OC)ccc3n2CC(=O)OCC)cc1. The second-order valence-corrected chi connectivity index (χ2v) is 8.46. The first kappa shape index (κ1) is 25.2. The van der Waals surface area contributed by atoms with E-state index >= 15 is 0 Å². The number of unbranched alkanes of at least 4 members (excludes halogenated alkanes) is 2. The minimum Gasteiger partial charge on any atom is -0.494 e. The summed E-state index contributed by atoms with van der Waals surface area (Å²) in [5, 5.41) is 0. The molecule has 0 N–H and O–H groups in total. The summed E-state index contributed by atoms with van der Waals surface area (Å²) >= 11 is 1.20. The van der Waals surface area contributed by atoms with Gasteiger partial charge in [0.1, 0.15) is 12.3 Å². The Morgan fingerprint density at radius 1 is 1.00 bits per heavy atom. The Morgan fingerprint density at radius 2 is 1.74 bits per heavy atom. The van der Waals surface area contributed by atoms with Gasteiger partial charge in [-0.3, -0.25) is 9.59 Å². The first-order valence-corrected chi connectivity index (χ1v) is 12.0. The average Bonchev–Trinajstić information content (AvgIpc) is 3.17. The highest BCUT2D eigenvalue weighted by atomic mass is 32.1. The number of rotatable bonds is 10. The van der Waals surface area contributed by atoms with Crippen LogP contribution in [0.25, 0.3) is 10.2 Å². The van der Waals surface area contributed by atoms with Crippen LogP contribution in [0.3, 0.4) is 0 Å². The highest BCUT2D eigenvalue weighted by Gasteiger charge is 2.15. The van der Waals surface area contributed by atoms with Crippen molar-refractivity contribution in [2.24, 2.45) is 4.99 Å². The summed E-state index contributed by atoms with van der Waals surface area (Å²) in [6.07, 6.45) is 3.21. The lowest BCUT2D eigenvalue weighted by Gasteiger charge is -2.06. The van der Waals surface area contributed by atoms with Gasteiger partial charge in [-0.25, -0.2) is 4.79 Å². The zero-order valence-corrected chi connectivity index (χ0v) is 20.4. The molecule has 1 aromatic heterocycles. The summed E-state index contributed by atoms with van der Waals surface area (Å²) in [4.78, 5) is 41.6. The zero-order valence-electron chi connectivity index (χ0n) is 19.5. The number of amides is 1. The summed E-state index contributed by atoms with van der Waals surface area (Å²) in [5.41, 5.74) is 1.43. The van der Waals surface area contributed by atoms with Gasteiger partial charge in [0, 0.05) is 5.56 Å². The average molecular weight is 485 g/mol. The maximum atomic E-state index is 12.9. The molecule has 0 aliphatic heterocycles. The van der Waals surface area contributed by atoms with Gasteiger partial charge in [-0.2, -0.15) is 4.99 Å². The van der Waals surface area contributed by atoms with E-state index in [-0.39, 0.29) is 13.2 Å². The van der Waals surface area contributed by atoms with Gasteiger partial charge in [-0.15, -0.1) is 0 Å². The quantitative estimate of drug-likeness (QED) is 0.313. The largest absolute Gasteiger partial charge is 0.494 e. The smallest absolute Gasteiger partial charge is 0.337 e. The van der Waals surface area contributed by atoms with Crippen LogP contribution in [-0.4, -0.2) is 42.7 Å². The summed E-state index contributed by atoms with van der Waals surface area (Å²) in [6, 6.07) is 11.8. The number of hydrogen-bond acceptors (Lipinski definition) is 7. The third kappa shape index (κ3) is 6.32. The van der Waals surface area contributed by atoms with E-state index in [1.54, 1.807) is 54.0 Å². The van der Waals surface area contributed by atoms with Crippen LogP contribution in [0.4, 0.5) is 0 Å². The molecule has 0 saturated carbocycles. The predicted molar refractivity (Wildman–Crippen MR) is 129 cm³/mol. The molecule has 34 heavy (non-hydrogen) atoms. The molecular formula is C25H28N2O6S. The van der Waals surface area contributed by atoms with Crippen LogP contribution in [0.2, 0.25) is 0 Å². The Labute approximate surface area is 201 Å². The standard InChI is InChI=1S/C25H28N2O6S/c1-4-6-7-14-33-19-11-8-17(9-12-19)23(29)26-25-27(16-22(28)32-5-2)20-13-10-18(24(30)31-3)15-21(20)34-25/h8-13,15H,4-7,14,16H2,1-3H3. The van der Waals surface area contributed by atoms with Gasteiger partial charge in [0.2, 0.25) is 0 Å². The maximum absolute atomic E-state index is 12.9. The third-order valence-electron chi connectivity index (χ3n) is 5.01. The van der Waals surface area contributed by atoms with Crippen LogP contribution in [0.1, 0.15) is 53.8 Å². The number of aromatic nitrogens is 1. The van der Waals surface area contributed by atoms with Crippen molar-refractivity contribution < 1.29 is 28.6 Å². The Kier molecular flexibility index (Phi) is 8.98. The van der Waals surface area contributed by atoms with Crippen molar-refractivity contribution in [1.29, 1.82) is 0 Å². The number of fused-ring (bicyclic) bond motifs is 1. The molecular weight excluding hydrogens is 456 g/mol. The van der Waals surface area contributed by atoms with Crippen LogP contribution in [0, 0.1) is 0 Å². The highest BCUT2D eigenvalue weighted by molar-refractivity contribution is 7.16. The summed E-state index contributed by atoms with van der Waals surface area (Å²) in [5.74, 6) is -0.673. The molecule has 0 fully saturated rings. The van der Waals surface area contributed by atoms with Gasteiger partial charge >= 0.3 is 11.9 Å². The van der Waals surface area contributed by atoms with E-state index in [4.69, 9.17) is 14.2 Å². The normalized spacial score (nSPS) is 11.4. The molecule has 0 unspecified atom stereocenters. The number of carbonyl (C=O) groups excluding carboxylic acids is 3. The number of hydrogen-bond donors (Lipinski definition) is 0. The molecule has 3 aromatic rings. The number of methoxy groups -OCH3 is 1. The van der Waals surface area contributed by atoms with E-state index in [9.17, 15) is 14.4 Å². The van der Waals surface area contributed by atoms with Crippen molar-refractivity contribution in [3.05, 3.63) is 58.4 Å². The van der Waals surface area contributed by atoms with Crippen LogP contribution < -0.4 is 9.54 Å². The fourth-order valence-electron chi connectivity index (χ4n) is 3.28. The van der Waals surface area contributed by atoms with Crippen molar-refractivity contribution in [2.75, 3.05) is 20.3 Å². The van der Waals surface area contributed by atoms with E-state index in [0.717, 1.165) is 19.3 Å². The maximum Gasteiger partial charge on any atom is 0.337 e. The van der Waals surface area contributed by atoms with Gasteiger partial charge in [-0.05, 0) is 55.8 Å². The lowest BCUT2D eigenvalue weighted by atomic mass is 10.2. The van der Waals surface area contributed by atoms with E-state index in [2.05, 4.69) is 11.9 Å². The number of esters is 2. The fourth-order valence-corrected chi connectivity index (χ4v) is 4.35. The minimum atomic E-state index is -0.473. The molecule has 0 bridgehead atoms. The first-order chi connectivity index (χ1) is 16.5. The molecule has 3 rings (SSSR count). The summed E-state index contributed by atoms with van der Waals surface area (Å²) in [6.45, 7) is 4.63. The number of benzene rings is 2. The zero-order chi connectivity index (χ0) is 24.5. The molecule has 0 aliphatic carbocycles. The van der Waals surface area contributed by atoms with Crippen molar-refractivity contribution in [2.45, 2.75) is 39.7 Å². The summed E-state index contributed by atoms with van der Waals surface area (Å²) in [7, 11) is 1.31. The second-order valence-electron chi connectivity index (χ2n) is 7.45. The minimum absolute atomic E-state index is 0.109. The van der Waals surface area contributed by atoms with Gasteiger partial charge < -0.3 is 18.8 Å². The predicted octanol–water partition coefficient (Wildman–Crippen LogP) is 4.36. The fraction of sp³-hybridized carbons (Fsp3) is 0.360. The summed E-state index contributed by atoms with van der Waals surface area (Å²) < 4.78 is 17.9. The van der Waals surface area contributed by atoms with Gasteiger partial charge in [0.05, 0.1) is 36.1 Å². The second kappa shape index (κ2) is 12.1. The highest BCUT2D eigenvalue weighted by Crippen LogP contribution is 2.20. The third-order valence-corrected chi connectivity index (χ3v) is 6.05. The first-order valence-electron chi connectivity index (χ1n) is 11.2. The molecule has 0 aliphatic rings. The molecule has 8 nitrogen and oxygen atoms in total. The van der Waals surface area contributed by atoms with Gasteiger partial charge in [0.15, 0.2) is 4.80 Å². The Balaban J connectivity index is 1.92. The van der Waals surface area contributed by atoms with Crippen LogP contribution in [-0.2, 0) is 20.8 Å². The van der Waals surface area contributed by atoms with Crippen molar-refractivity contribution >= 4 is 39.4 Å². The van der Waals surface area contributed by atoms with Crippen LogP contribution >= 0.6 is 11.3 Å². The van der Waals surface area contributed by atoms with E-state index in [0.29, 0.717) is 38.5 Å². The number of thiazole rings is 1. The number of carbonyl (C=O) groups is 3. The van der Waals surface area contributed by atoms with Crippen LogP contribution in [0.5, 0.6) is 5.75 Å². The molecule has 0 radical (unpaired) electrons. The lowest BCUT2D eigenvalue weighted by Crippen LogP contribution is -2.23. The van der Waals surface area contributed by atoms with Gasteiger partial charge in [0.25, 0.3) is 5.91 Å². The Hall–Kier alpha value is -3.46. The molecule has 0 atom stereocenters. The van der Waals surface area contributed by atoms with Gasteiger partial charge in [-0.1, -0.05) is 31.1 Å². The molecule has 9 heteroatoms. The van der Waals surface area contributed by atoms with Crippen molar-refractivity contribution in [1.82, 2.24) is 4.57 Å². The monoisotopic (exact) mass is 484 g/mol. The molecule has 0 spiro atoms. The number of ether oxygens (including phenoxy) is 3. The van der Waals surface area contributed by atoms with E-state index in [1.165, 1.54) is 18.4 Å².